The van der Waals surface area contributed by atoms with Crippen LogP contribution in [0.3, 0.4) is 0 Å². The zero-order valence-electron chi connectivity index (χ0n) is 8.81. The molecule has 0 saturated heterocycles. The summed E-state index contributed by atoms with van der Waals surface area (Å²) in [5, 5.41) is 4.42. The first-order valence-corrected chi connectivity index (χ1v) is 7.51. The van der Waals surface area contributed by atoms with Crippen LogP contribution in [-0.2, 0) is 18.5 Å². The van der Waals surface area contributed by atoms with Crippen molar-refractivity contribution in [2.75, 3.05) is 18.5 Å². The highest BCUT2D eigenvalue weighted by atomic mass is 79.9. The second-order valence-corrected chi connectivity index (χ2v) is 5.60. The lowest BCUT2D eigenvalue weighted by atomic mass is 10.3. The van der Waals surface area contributed by atoms with E-state index in [1.54, 1.807) is 13.8 Å². The molecule has 0 amide bonds. The topological polar surface area (TPSA) is 57.1 Å². The maximum absolute atomic E-state index is 12.2. The molecule has 0 radical (unpaired) electrons. The van der Waals surface area contributed by atoms with Crippen LogP contribution in [0.15, 0.2) is 5.16 Å². The van der Waals surface area contributed by atoms with E-state index >= 15 is 0 Å². The Morgan fingerprint density at radius 1 is 1.53 bits per heavy atom. The maximum atomic E-state index is 12.2. The molecule has 0 aromatic carbocycles. The Kier molecular flexibility index (Phi) is 5.26. The molecule has 1 aliphatic rings. The predicted octanol–water partition coefficient (Wildman–Crippen LogP) is 2.75. The van der Waals surface area contributed by atoms with Gasteiger partial charge in [0.25, 0.3) is 0 Å². The summed E-state index contributed by atoms with van der Waals surface area (Å²) >= 11 is 3.28. The van der Waals surface area contributed by atoms with Crippen molar-refractivity contribution in [3.8, 4) is 0 Å². The van der Waals surface area contributed by atoms with Gasteiger partial charge in [-0.05, 0) is 13.8 Å². The fourth-order valence-electron chi connectivity index (χ4n) is 1.18. The normalized spacial score (nSPS) is 21.3. The SMILES string of the molecule is CCOP(=O)(OCC)C1=NOC(CBr)C1. The van der Waals surface area contributed by atoms with Gasteiger partial charge >= 0.3 is 7.60 Å². The van der Waals surface area contributed by atoms with Crippen molar-refractivity contribution in [2.24, 2.45) is 5.16 Å². The summed E-state index contributed by atoms with van der Waals surface area (Å²) in [7, 11) is -3.21. The van der Waals surface area contributed by atoms with Crippen molar-refractivity contribution in [3.05, 3.63) is 0 Å². The van der Waals surface area contributed by atoms with E-state index in [9.17, 15) is 4.57 Å². The largest absolute Gasteiger partial charge is 0.391 e. The number of hydrogen-bond acceptors (Lipinski definition) is 5. The zero-order chi connectivity index (χ0) is 11.3. The van der Waals surface area contributed by atoms with Crippen molar-refractivity contribution < 1.29 is 18.5 Å². The first-order chi connectivity index (χ1) is 7.16. The number of oxime groups is 1. The van der Waals surface area contributed by atoms with Crippen LogP contribution in [0.5, 0.6) is 0 Å². The van der Waals surface area contributed by atoms with E-state index in [4.69, 9.17) is 13.9 Å². The predicted molar refractivity (Wildman–Crippen MR) is 61.6 cm³/mol. The third-order valence-electron chi connectivity index (χ3n) is 1.80. The highest BCUT2D eigenvalue weighted by molar-refractivity contribution is 9.09. The third-order valence-corrected chi connectivity index (χ3v) is 4.62. The van der Waals surface area contributed by atoms with Gasteiger partial charge in [0.1, 0.15) is 6.10 Å². The quantitative estimate of drug-likeness (QED) is 0.559. The van der Waals surface area contributed by atoms with E-state index in [0.717, 1.165) is 0 Å². The molecule has 5 nitrogen and oxygen atoms in total. The summed E-state index contributed by atoms with van der Waals surface area (Å²) in [5.41, 5.74) is 0.385. The molecule has 1 aliphatic heterocycles. The molecule has 0 spiro atoms. The molecular weight excluding hydrogens is 285 g/mol. The number of alkyl halides is 1. The van der Waals surface area contributed by atoms with Crippen LogP contribution in [0.2, 0.25) is 0 Å². The molecule has 0 fully saturated rings. The number of hydrogen-bond donors (Lipinski definition) is 0. The van der Waals surface area contributed by atoms with Gasteiger partial charge in [-0.15, -0.1) is 0 Å². The lowest BCUT2D eigenvalue weighted by molar-refractivity contribution is 0.104. The van der Waals surface area contributed by atoms with E-state index in [-0.39, 0.29) is 6.10 Å². The number of rotatable bonds is 6. The highest BCUT2D eigenvalue weighted by Crippen LogP contribution is 2.52. The van der Waals surface area contributed by atoms with E-state index in [0.29, 0.717) is 30.4 Å². The van der Waals surface area contributed by atoms with Crippen LogP contribution in [0, 0.1) is 0 Å². The summed E-state index contributed by atoms with van der Waals surface area (Å²) in [6.07, 6.45) is 0.414. The molecule has 1 heterocycles. The molecule has 0 aromatic rings. The van der Waals surface area contributed by atoms with Crippen molar-refractivity contribution in [2.45, 2.75) is 26.4 Å². The van der Waals surface area contributed by atoms with E-state index < -0.39 is 7.60 Å². The van der Waals surface area contributed by atoms with Crippen molar-refractivity contribution >= 4 is 29.0 Å². The van der Waals surface area contributed by atoms with Crippen LogP contribution in [0.4, 0.5) is 0 Å². The average molecular weight is 300 g/mol. The molecule has 0 N–H and O–H groups in total. The van der Waals surface area contributed by atoms with E-state index in [2.05, 4.69) is 21.1 Å². The first kappa shape index (κ1) is 13.2. The van der Waals surface area contributed by atoms with Gasteiger partial charge in [0.15, 0.2) is 5.45 Å². The molecule has 1 atom stereocenters. The van der Waals surface area contributed by atoms with Crippen LogP contribution in [-0.4, -0.2) is 30.1 Å². The molecule has 7 heteroatoms. The zero-order valence-corrected chi connectivity index (χ0v) is 11.3. The van der Waals surface area contributed by atoms with Crippen molar-refractivity contribution in [3.63, 3.8) is 0 Å². The standard InChI is InChI=1S/C8H15BrNO4P/c1-3-12-15(11,13-4-2)8-5-7(6-9)14-10-8/h7H,3-6H2,1-2H3. The second kappa shape index (κ2) is 5.99. The summed E-state index contributed by atoms with van der Waals surface area (Å²) in [4.78, 5) is 5.06. The molecule has 0 aromatic heterocycles. The molecule has 0 bridgehead atoms. The van der Waals surface area contributed by atoms with Crippen LogP contribution >= 0.6 is 23.5 Å². The van der Waals surface area contributed by atoms with E-state index in [1.807, 2.05) is 0 Å². The molecule has 0 aliphatic carbocycles. The second-order valence-electron chi connectivity index (χ2n) is 2.93. The van der Waals surface area contributed by atoms with Gasteiger partial charge in [-0.2, -0.15) is 0 Å². The minimum absolute atomic E-state index is 0.0748. The van der Waals surface area contributed by atoms with Gasteiger partial charge in [0.2, 0.25) is 0 Å². The van der Waals surface area contributed by atoms with Gasteiger partial charge in [-0.3, -0.25) is 4.57 Å². The Labute approximate surface area is 97.8 Å². The molecule has 0 saturated carbocycles. The van der Waals surface area contributed by atoms with Gasteiger partial charge in [0.05, 0.1) is 13.2 Å². The smallest absolute Gasteiger partial charge is 0.378 e. The summed E-state index contributed by atoms with van der Waals surface area (Å²) in [6, 6.07) is 0. The maximum Gasteiger partial charge on any atom is 0.378 e. The van der Waals surface area contributed by atoms with Crippen molar-refractivity contribution in [1.82, 2.24) is 0 Å². The fraction of sp³-hybridized carbons (Fsp3) is 0.875. The van der Waals surface area contributed by atoms with Gasteiger partial charge in [-0.25, -0.2) is 0 Å². The van der Waals surface area contributed by atoms with Crippen LogP contribution in [0.25, 0.3) is 0 Å². The highest BCUT2D eigenvalue weighted by Gasteiger charge is 2.37. The molecule has 15 heavy (non-hydrogen) atoms. The Bertz CT molecular complexity index is 274. The molecule has 88 valence electrons. The molecule has 1 rings (SSSR count). The van der Waals surface area contributed by atoms with Crippen LogP contribution in [0.1, 0.15) is 20.3 Å². The van der Waals surface area contributed by atoms with Crippen LogP contribution < -0.4 is 0 Å². The minimum Gasteiger partial charge on any atom is -0.391 e. The van der Waals surface area contributed by atoms with Gasteiger partial charge in [0, 0.05) is 11.8 Å². The number of halogens is 1. The molecular formula is C8H15BrNO4P. The van der Waals surface area contributed by atoms with Crippen molar-refractivity contribution in [1.29, 1.82) is 0 Å². The van der Waals surface area contributed by atoms with Gasteiger partial charge in [-0.1, -0.05) is 21.1 Å². The minimum atomic E-state index is -3.21. The summed E-state index contributed by atoms with van der Waals surface area (Å²) in [6.45, 7) is 4.19. The number of nitrogens with zero attached hydrogens (tertiary/aromatic N) is 1. The van der Waals surface area contributed by atoms with E-state index in [1.165, 1.54) is 0 Å². The Morgan fingerprint density at radius 2 is 2.13 bits per heavy atom. The molecule has 1 unspecified atom stereocenters. The average Bonchev–Trinajstić information content (AvgIpc) is 2.67. The first-order valence-electron chi connectivity index (χ1n) is 4.84. The lowest BCUT2D eigenvalue weighted by Gasteiger charge is -2.15. The Balaban J connectivity index is 2.69. The van der Waals surface area contributed by atoms with Gasteiger partial charge < -0.3 is 13.9 Å². The lowest BCUT2D eigenvalue weighted by Crippen LogP contribution is -2.11. The Hall–Kier alpha value is 0.100. The fourth-order valence-corrected chi connectivity index (χ4v) is 3.16. The monoisotopic (exact) mass is 299 g/mol. The summed E-state index contributed by atoms with van der Waals surface area (Å²) in [5.74, 6) is 0. The Morgan fingerprint density at radius 3 is 2.53 bits per heavy atom. The summed E-state index contributed by atoms with van der Waals surface area (Å²) < 4.78 is 22.5. The third kappa shape index (κ3) is 3.28.